The Labute approximate surface area is 145 Å². The molecule has 0 fully saturated rings. The lowest BCUT2D eigenvalue weighted by molar-refractivity contribution is 0.00712. The summed E-state index contributed by atoms with van der Waals surface area (Å²) < 4.78 is 5.40. The molecule has 1 aromatic heterocycles. The van der Waals surface area contributed by atoms with Gasteiger partial charge in [0.1, 0.15) is 10.6 Å². The van der Waals surface area contributed by atoms with Crippen molar-refractivity contribution in [3.63, 3.8) is 0 Å². The number of nitrogens with two attached hydrogens (primary N) is 1. The van der Waals surface area contributed by atoms with Crippen LogP contribution in [0.3, 0.4) is 0 Å². The standard InChI is InChI=1S/C19H33NO2S/c1-5-6-7-8-9-10-11-12-13-15-14-16(17(20)23-15)18(21)22-19(2,3)4/h14H,5-13,20H2,1-4H3. The Bertz CT molecular complexity index is 474. The lowest BCUT2D eigenvalue weighted by Gasteiger charge is -2.19. The van der Waals surface area contributed by atoms with Crippen molar-refractivity contribution in [3.8, 4) is 0 Å². The van der Waals surface area contributed by atoms with Crippen molar-refractivity contribution >= 4 is 22.3 Å². The lowest BCUT2D eigenvalue weighted by atomic mass is 10.1. The second-order valence-electron chi connectivity index (χ2n) is 7.22. The highest BCUT2D eigenvalue weighted by molar-refractivity contribution is 7.16. The van der Waals surface area contributed by atoms with Crippen molar-refractivity contribution in [2.45, 2.75) is 91.1 Å². The molecule has 0 saturated heterocycles. The van der Waals surface area contributed by atoms with Gasteiger partial charge in [-0.15, -0.1) is 11.3 Å². The molecule has 23 heavy (non-hydrogen) atoms. The van der Waals surface area contributed by atoms with Crippen LogP contribution in [0.25, 0.3) is 0 Å². The van der Waals surface area contributed by atoms with Crippen molar-refractivity contribution in [2.24, 2.45) is 0 Å². The van der Waals surface area contributed by atoms with E-state index in [0.717, 1.165) is 6.42 Å². The van der Waals surface area contributed by atoms with Crippen molar-refractivity contribution in [3.05, 3.63) is 16.5 Å². The van der Waals surface area contributed by atoms with E-state index in [0.29, 0.717) is 10.6 Å². The number of esters is 1. The van der Waals surface area contributed by atoms with E-state index in [2.05, 4.69) is 6.92 Å². The molecule has 3 nitrogen and oxygen atoms in total. The Hall–Kier alpha value is -1.03. The molecular weight excluding hydrogens is 306 g/mol. The van der Waals surface area contributed by atoms with Gasteiger partial charge in [0.2, 0.25) is 0 Å². The first-order chi connectivity index (χ1) is 10.8. The van der Waals surface area contributed by atoms with E-state index in [1.54, 1.807) is 0 Å². The molecule has 0 aliphatic rings. The van der Waals surface area contributed by atoms with Crippen LogP contribution in [0.5, 0.6) is 0 Å². The summed E-state index contributed by atoms with van der Waals surface area (Å²) in [5.74, 6) is -0.312. The van der Waals surface area contributed by atoms with Crippen molar-refractivity contribution in [1.29, 1.82) is 0 Å². The van der Waals surface area contributed by atoms with Crippen LogP contribution in [0.4, 0.5) is 5.00 Å². The molecule has 0 spiro atoms. The number of hydrogen-bond acceptors (Lipinski definition) is 4. The molecule has 4 heteroatoms. The number of ether oxygens (including phenoxy) is 1. The SMILES string of the molecule is CCCCCCCCCCc1cc(C(=O)OC(C)(C)C)c(N)s1. The average molecular weight is 340 g/mol. The minimum Gasteiger partial charge on any atom is -0.456 e. The second-order valence-corrected chi connectivity index (χ2v) is 8.39. The Balaban J connectivity index is 2.31. The number of thiophene rings is 1. The highest BCUT2D eigenvalue weighted by atomic mass is 32.1. The highest BCUT2D eigenvalue weighted by Gasteiger charge is 2.21. The van der Waals surface area contributed by atoms with E-state index < -0.39 is 5.60 Å². The molecule has 0 saturated carbocycles. The van der Waals surface area contributed by atoms with Gasteiger partial charge < -0.3 is 10.5 Å². The fourth-order valence-corrected chi connectivity index (χ4v) is 3.46. The summed E-state index contributed by atoms with van der Waals surface area (Å²) in [6.45, 7) is 7.86. The number of carbonyl (C=O) groups is 1. The van der Waals surface area contributed by atoms with E-state index >= 15 is 0 Å². The maximum Gasteiger partial charge on any atom is 0.341 e. The maximum atomic E-state index is 12.1. The van der Waals surface area contributed by atoms with Crippen LogP contribution < -0.4 is 5.73 Å². The third-order valence-electron chi connectivity index (χ3n) is 3.71. The summed E-state index contributed by atoms with van der Waals surface area (Å²) in [6.07, 6.45) is 11.5. The first-order valence-corrected chi connectivity index (χ1v) is 9.76. The number of nitrogen functional groups attached to an aromatic ring is 1. The molecule has 132 valence electrons. The summed E-state index contributed by atoms with van der Waals surface area (Å²) in [4.78, 5) is 13.3. The maximum absolute atomic E-state index is 12.1. The lowest BCUT2D eigenvalue weighted by Crippen LogP contribution is -2.24. The number of hydrogen-bond donors (Lipinski definition) is 1. The molecule has 0 aromatic carbocycles. The molecule has 0 aliphatic heterocycles. The number of anilines is 1. The molecule has 1 rings (SSSR count). The van der Waals surface area contributed by atoms with E-state index in [1.165, 1.54) is 67.6 Å². The minimum atomic E-state index is -0.483. The molecule has 1 aromatic rings. The summed E-state index contributed by atoms with van der Waals surface area (Å²) >= 11 is 1.52. The van der Waals surface area contributed by atoms with E-state index in [-0.39, 0.29) is 5.97 Å². The summed E-state index contributed by atoms with van der Waals surface area (Å²) in [5.41, 5.74) is 6.02. The largest absolute Gasteiger partial charge is 0.456 e. The van der Waals surface area contributed by atoms with Crippen molar-refractivity contribution in [2.75, 3.05) is 5.73 Å². The molecule has 2 N–H and O–H groups in total. The third kappa shape index (κ3) is 8.40. The summed E-state index contributed by atoms with van der Waals surface area (Å²) in [5, 5.41) is 0.578. The third-order valence-corrected chi connectivity index (χ3v) is 4.73. The van der Waals surface area contributed by atoms with E-state index in [1.807, 2.05) is 26.8 Å². The predicted molar refractivity (Wildman–Crippen MR) is 100 cm³/mol. The van der Waals surface area contributed by atoms with Crippen LogP contribution in [0.2, 0.25) is 0 Å². The topological polar surface area (TPSA) is 52.3 Å². The molecular formula is C19H33NO2S. The smallest absolute Gasteiger partial charge is 0.341 e. The van der Waals surface area contributed by atoms with Gasteiger partial charge in [0.05, 0.1) is 5.56 Å². The molecule has 0 bridgehead atoms. The normalized spacial score (nSPS) is 11.7. The van der Waals surface area contributed by atoms with Gasteiger partial charge in [-0.1, -0.05) is 51.9 Å². The monoisotopic (exact) mass is 339 g/mol. The molecule has 1 heterocycles. The van der Waals surface area contributed by atoms with Gasteiger partial charge in [-0.25, -0.2) is 4.79 Å². The van der Waals surface area contributed by atoms with Gasteiger partial charge in [0.15, 0.2) is 0 Å². The van der Waals surface area contributed by atoms with Gasteiger partial charge in [-0.05, 0) is 39.7 Å². The Morgan fingerprint density at radius 2 is 1.65 bits per heavy atom. The van der Waals surface area contributed by atoms with Gasteiger partial charge in [0, 0.05) is 4.88 Å². The average Bonchev–Trinajstić information content (AvgIpc) is 2.81. The van der Waals surface area contributed by atoms with Gasteiger partial charge >= 0.3 is 5.97 Å². The first-order valence-electron chi connectivity index (χ1n) is 8.95. The van der Waals surface area contributed by atoms with Gasteiger partial charge in [-0.3, -0.25) is 0 Å². The molecule has 0 unspecified atom stereocenters. The molecule has 0 aliphatic carbocycles. The number of unbranched alkanes of at least 4 members (excludes halogenated alkanes) is 7. The highest BCUT2D eigenvalue weighted by Crippen LogP contribution is 2.28. The first kappa shape index (κ1) is 20.0. The van der Waals surface area contributed by atoms with E-state index in [9.17, 15) is 4.79 Å². The Morgan fingerprint density at radius 1 is 1.09 bits per heavy atom. The molecule has 0 amide bonds. The molecule has 0 atom stereocenters. The fourth-order valence-electron chi connectivity index (χ4n) is 2.51. The predicted octanol–water partition coefficient (Wildman–Crippen LogP) is 5.97. The van der Waals surface area contributed by atoms with Crippen LogP contribution >= 0.6 is 11.3 Å². The number of rotatable bonds is 10. The van der Waals surface area contributed by atoms with Crippen LogP contribution in [0, 0.1) is 0 Å². The van der Waals surface area contributed by atoms with Crippen LogP contribution in [0.15, 0.2) is 6.07 Å². The number of carbonyl (C=O) groups excluding carboxylic acids is 1. The van der Waals surface area contributed by atoms with Crippen LogP contribution in [-0.2, 0) is 11.2 Å². The quantitative estimate of drug-likeness (QED) is 0.422. The van der Waals surface area contributed by atoms with Crippen LogP contribution in [0.1, 0.15) is 94.3 Å². The zero-order valence-corrected chi connectivity index (χ0v) is 16.1. The second kappa shape index (κ2) is 9.96. The fraction of sp³-hybridized carbons (Fsp3) is 0.737. The zero-order chi connectivity index (χ0) is 17.3. The zero-order valence-electron chi connectivity index (χ0n) is 15.2. The van der Waals surface area contributed by atoms with E-state index in [4.69, 9.17) is 10.5 Å². The Kier molecular flexibility index (Phi) is 8.67. The Morgan fingerprint density at radius 3 is 2.22 bits per heavy atom. The van der Waals surface area contributed by atoms with Crippen molar-refractivity contribution < 1.29 is 9.53 Å². The summed E-state index contributed by atoms with van der Waals surface area (Å²) in [7, 11) is 0. The minimum absolute atomic E-state index is 0.312. The van der Waals surface area contributed by atoms with Crippen molar-refractivity contribution in [1.82, 2.24) is 0 Å². The number of aryl methyl sites for hydroxylation is 1. The van der Waals surface area contributed by atoms with Gasteiger partial charge in [-0.2, -0.15) is 0 Å². The molecule has 0 radical (unpaired) electrons. The van der Waals surface area contributed by atoms with Crippen LogP contribution in [-0.4, -0.2) is 11.6 Å². The summed E-state index contributed by atoms with van der Waals surface area (Å²) in [6, 6.07) is 1.91. The van der Waals surface area contributed by atoms with Gasteiger partial charge in [0.25, 0.3) is 0 Å².